The lowest BCUT2D eigenvalue weighted by atomic mass is 9.95. The van der Waals surface area contributed by atoms with Gasteiger partial charge >= 0.3 is 0 Å². The van der Waals surface area contributed by atoms with Crippen molar-refractivity contribution in [3.63, 3.8) is 0 Å². The standard InChI is InChI=1S/C22H24N4O2/c1-28-21-8-4-19(5-9-21)25-22(27)17-10-12-26(13-11-17)20-6-2-16(3-7-20)18-14-23-24-15-18/h2-9,14-15,17H,10-13H2,1H3,(H,23,24)(H,25,27). The van der Waals surface area contributed by atoms with E-state index in [0.29, 0.717) is 0 Å². The van der Waals surface area contributed by atoms with Crippen LogP contribution in [0.2, 0.25) is 0 Å². The van der Waals surface area contributed by atoms with Crippen LogP contribution in [-0.2, 0) is 4.79 Å². The molecule has 28 heavy (non-hydrogen) atoms. The third-order valence-corrected chi connectivity index (χ3v) is 5.29. The molecule has 0 unspecified atom stereocenters. The van der Waals surface area contributed by atoms with Crippen LogP contribution in [0, 0.1) is 5.92 Å². The molecule has 1 fully saturated rings. The largest absolute Gasteiger partial charge is 0.497 e. The molecule has 1 amide bonds. The van der Waals surface area contributed by atoms with Gasteiger partial charge in [-0.25, -0.2) is 0 Å². The van der Waals surface area contributed by atoms with Gasteiger partial charge < -0.3 is 15.0 Å². The van der Waals surface area contributed by atoms with Gasteiger partial charge in [-0.05, 0) is 54.8 Å². The topological polar surface area (TPSA) is 70.2 Å². The number of methoxy groups -OCH3 is 1. The molecule has 0 atom stereocenters. The van der Waals surface area contributed by atoms with Crippen molar-refractivity contribution in [2.24, 2.45) is 5.92 Å². The molecule has 0 radical (unpaired) electrons. The molecule has 0 bridgehead atoms. The van der Waals surface area contributed by atoms with Crippen LogP contribution in [0.4, 0.5) is 11.4 Å². The second-order valence-electron chi connectivity index (χ2n) is 7.01. The van der Waals surface area contributed by atoms with Crippen LogP contribution in [0.25, 0.3) is 11.1 Å². The van der Waals surface area contributed by atoms with Crippen LogP contribution in [0.1, 0.15) is 12.8 Å². The maximum Gasteiger partial charge on any atom is 0.227 e. The number of hydrogen-bond acceptors (Lipinski definition) is 4. The number of nitrogens with zero attached hydrogens (tertiary/aromatic N) is 2. The maximum absolute atomic E-state index is 12.6. The highest BCUT2D eigenvalue weighted by atomic mass is 16.5. The second kappa shape index (κ2) is 8.17. The summed E-state index contributed by atoms with van der Waals surface area (Å²) < 4.78 is 5.15. The van der Waals surface area contributed by atoms with Gasteiger partial charge in [-0.2, -0.15) is 5.10 Å². The highest BCUT2D eigenvalue weighted by Gasteiger charge is 2.25. The molecule has 3 aromatic rings. The summed E-state index contributed by atoms with van der Waals surface area (Å²) in [6.45, 7) is 1.76. The van der Waals surface area contributed by atoms with Crippen LogP contribution >= 0.6 is 0 Å². The van der Waals surface area contributed by atoms with Gasteiger partial charge in [-0.1, -0.05) is 12.1 Å². The molecule has 0 aliphatic carbocycles. The molecule has 0 saturated carbocycles. The van der Waals surface area contributed by atoms with Gasteiger partial charge in [0.15, 0.2) is 0 Å². The molecule has 1 aromatic heterocycles. The number of piperidine rings is 1. The molecule has 6 nitrogen and oxygen atoms in total. The number of H-pyrrole nitrogens is 1. The summed E-state index contributed by atoms with van der Waals surface area (Å²) in [6, 6.07) is 15.9. The number of hydrogen-bond donors (Lipinski definition) is 2. The molecule has 6 heteroatoms. The first-order chi connectivity index (χ1) is 13.7. The van der Waals surface area contributed by atoms with Crippen molar-refractivity contribution in [3.05, 3.63) is 60.9 Å². The van der Waals surface area contributed by atoms with Crippen LogP contribution in [0.15, 0.2) is 60.9 Å². The molecule has 0 spiro atoms. The number of amides is 1. The zero-order chi connectivity index (χ0) is 19.3. The molecule has 2 aromatic carbocycles. The van der Waals surface area contributed by atoms with Gasteiger partial charge in [0.05, 0.1) is 13.3 Å². The summed E-state index contributed by atoms with van der Waals surface area (Å²) in [7, 11) is 1.63. The van der Waals surface area contributed by atoms with Crippen molar-refractivity contribution in [2.45, 2.75) is 12.8 Å². The van der Waals surface area contributed by atoms with E-state index in [1.54, 1.807) is 7.11 Å². The first-order valence-corrected chi connectivity index (χ1v) is 9.52. The van der Waals surface area contributed by atoms with Gasteiger partial charge in [-0.3, -0.25) is 9.89 Å². The Kier molecular flexibility index (Phi) is 5.28. The van der Waals surface area contributed by atoms with Crippen LogP contribution in [-0.4, -0.2) is 36.3 Å². The minimum Gasteiger partial charge on any atom is -0.497 e. The Labute approximate surface area is 164 Å². The summed E-state index contributed by atoms with van der Waals surface area (Å²) in [5, 5.41) is 9.85. The number of ether oxygens (including phenoxy) is 1. The lowest BCUT2D eigenvalue weighted by molar-refractivity contribution is -0.120. The summed E-state index contributed by atoms with van der Waals surface area (Å²) in [6.07, 6.45) is 5.42. The smallest absolute Gasteiger partial charge is 0.227 e. The van der Waals surface area contributed by atoms with E-state index in [4.69, 9.17) is 4.74 Å². The lowest BCUT2D eigenvalue weighted by Gasteiger charge is -2.33. The molecule has 2 N–H and O–H groups in total. The third kappa shape index (κ3) is 4.01. The van der Waals surface area contributed by atoms with E-state index in [1.165, 1.54) is 5.69 Å². The maximum atomic E-state index is 12.6. The minimum atomic E-state index is 0.0450. The number of benzene rings is 2. The highest BCUT2D eigenvalue weighted by Crippen LogP contribution is 2.27. The van der Waals surface area contributed by atoms with E-state index in [-0.39, 0.29) is 11.8 Å². The van der Waals surface area contributed by atoms with Gasteiger partial charge in [0.1, 0.15) is 5.75 Å². The second-order valence-corrected chi connectivity index (χ2v) is 7.01. The van der Waals surface area contributed by atoms with E-state index in [9.17, 15) is 4.79 Å². The number of aromatic nitrogens is 2. The van der Waals surface area contributed by atoms with Crippen molar-refractivity contribution in [3.8, 4) is 16.9 Å². The Bertz CT molecular complexity index is 897. The Balaban J connectivity index is 1.31. The lowest BCUT2D eigenvalue weighted by Crippen LogP contribution is -2.38. The number of nitrogens with one attached hydrogen (secondary N) is 2. The van der Waals surface area contributed by atoms with Crippen LogP contribution < -0.4 is 15.0 Å². The van der Waals surface area contributed by atoms with Crippen LogP contribution in [0.3, 0.4) is 0 Å². The van der Waals surface area contributed by atoms with Gasteiger partial charge in [0.25, 0.3) is 0 Å². The quantitative estimate of drug-likeness (QED) is 0.708. The Hall–Kier alpha value is -3.28. The molecule has 1 aliphatic rings. The van der Waals surface area contributed by atoms with Crippen LogP contribution in [0.5, 0.6) is 5.75 Å². The highest BCUT2D eigenvalue weighted by molar-refractivity contribution is 5.92. The minimum absolute atomic E-state index is 0.0450. The summed E-state index contributed by atoms with van der Waals surface area (Å²) >= 11 is 0. The molecule has 144 valence electrons. The predicted octanol–water partition coefficient (Wildman–Crippen LogP) is 3.94. The Morgan fingerprint density at radius 1 is 1.07 bits per heavy atom. The summed E-state index contributed by atoms with van der Waals surface area (Å²) in [5.41, 5.74) is 4.23. The number of carbonyl (C=O) groups is 1. The average molecular weight is 376 g/mol. The number of anilines is 2. The van der Waals surface area contributed by atoms with Gasteiger partial charge in [-0.15, -0.1) is 0 Å². The fourth-order valence-corrected chi connectivity index (χ4v) is 3.59. The van der Waals surface area contributed by atoms with E-state index in [1.807, 2.05) is 36.7 Å². The summed E-state index contributed by atoms with van der Waals surface area (Å²) in [5.74, 6) is 0.925. The van der Waals surface area contributed by atoms with Gasteiger partial charge in [0.2, 0.25) is 5.91 Å². The fourth-order valence-electron chi connectivity index (χ4n) is 3.59. The predicted molar refractivity (Wildman–Crippen MR) is 111 cm³/mol. The number of rotatable bonds is 5. The number of aromatic amines is 1. The third-order valence-electron chi connectivity index (χ3n) is 5.29. The normalized spacial score (nSPS) is 14.7. The SMILES string of the molecule is COc1ccc(NC(=O)C2CCN(c3ccc(-c4cn[nH]c4)cc3)CC2)cc1. The molecule has 1 aliphatic heterocycles. The molecular formula is C22H24N4O2. The van der Waals surface area contributed by atoms with Gasteiger partial charge in [0, 0.05) is 42.1 Å². The van der Waals surface area contributed by atoms with E-state index >= 15 is 0 Å². The first kappa shape index (κ1) is 18.1. The zero-order valence-electron chi connectivity index (χ0n) is 15.9. The van der Waals surface area contributed by atoms with E-state index in [0.717, 1.165) is 48.5 Å². The molecule has 2 heterocycles. The number of carbonyl (C=O) groups excluding carboxylic acids is 1. The Morgan fingerprint density at radius 3 is 2.39 bits per heavy atom. The van der Waals surface area contributed by atoms with E-state index in [2.05, 4.69) is 44.7 Å². The molecular weight excluding hydrogens is 352 g/mol. The molecule has 1 saturated heterocycles. The van der Waals surface area contributed by atoms with Crippen molar-refractivity contribution >= 4 is 17.3 Å². The van der Waals surface area contributed by atoms with Crippen molar-refractivity contribution in [2.75, 3.05) is 30.4 Å². The average Bonchev–Trinajstić information content (AvgIpc) is 3.29. The zero-order valence-corrected chi connectivity index (χ0v) is 15.9. The van der Waals surface area contributed by atoms with Crippen molar-refractivity contribution in [1.82, 2.24) is 10.2 Å². The first-order valence-electron chi connectivity index (χ1n) is 9.52. The fraction of sp³-hybridized carbons (Fsp3) is 0.273. The monoisotopic (exact) mass is 376 g/mol. The molecule has 4 rings (SSSR count). The Morgan fingerprint density at radius 2 is 1.79 bits per heavy atom. The summed E-state index contributed by atoms with van der Waals surface area (Å²) in [4.78, 5) is 14.9. The van der Waals surface area contributed by atoms with E-state index < -0.39 is 0 Å². The van der Waals surface area contributed by atoms with Crippen molar-refractivity contribution < 1.29 is 9.53 Å². The van der Waals surface area contributed by atoms with Crippen molar-refractivity contribution in [1.29, 1.82) is 0 Å².